The number of benzene rings is 3. The molecule has 0 saturated heterocycles. The molecule has 0 spiro atoms. The lowest BCUT2D eigenvalue weighted by atomic mass is 10.0. The molecule has 0 unspecified atom stereocenters. The van der Waals surface area contributed by atoms with Gasteiger partial charge in [-0.3, -0.25) is 4.98 Å². The maximum Gasteiger partial charge on any atom is 0.163 e. The van der Waals surface area contributed by atoms with Crippen LogP contribution in [-0.4, -0.2) is 29.0 Å². The first kappa shape index (κ1) is 21.8. The molecule has 168 valence electrons. The Morgan fingerprint density at radius 1 is 0.882 bits per heavy atom. The van der Waals surface area contributed by atoms with Gasteiger partial charge in [-0.1, -0.05) is 35.9 Å². The molecular formula is C27H21ClFN5. The predicted octanol–water partition coefficient (Wildman–Crippen LogP) is 6.96. The molecule has 5 nitrogen and oxygen atoms in total. The Kier molecular flexibility index (Phi) is 5.82. The standard InChI is InChI=1S/C27H21ClFN5/c1-34(2)25-8-4-3-7-20(25)17-9-12-24-21(14-17)27(31-19-10-11-23(29)22(28)15-19)33-26(32-24)18-6-5-13-30-16-18/h3-16H,1-2H3,(H,31,32,33). The van der Waals surface area contributed by atoms with Gasteiger partial charge in [0.15, 0.2) is 5.82 Å². The Balaban J connectivity index is 1.70. The van der Waals surface area contributed by atoms with Gasteiger partial charge in [0.1, 0.15) is 11.6 Å². The zero-order valence-corrected chi connectivity index (χ0v) is 19.4. The molecule has 0 radical (unpaired) electrons. The Morgan fingerprint density at radius 2 is 1.74 bits per heavy atom. The van der Waals surface area contributed by atoms with Gasteiger partial charge >= 0.3 is 0 Å². The minimum atomic E-state index is -0.474. The predicted molar refractivity (Wildman–Crippen MR) is 137 cm³/mol. The summed E-state index contributed by atoms with van der Waals surface area (Å²) in [6.45, 7) is 0. The Hall–Kier alpha value is -4.03. The third kappa shape index (κ3) is 4.28. The van der Waals surface area contributed by atoms with E-state index in [1.807, 2.05) is 44.4 Å². The van der Waals surface area contributed by atoms with Crippen LogP contribution < -0.4 is 10.2 Å². The largest absolute Gasteiger partial charge is 0.377 e. The zero-order chi connectivity index (χ0) is 23.7. The van der Waals surface area contributed by atoms with E-state index in [9.17, 15) is 4.39 Å². The van der Waals surface area contributed by atoms with Crippen molar-refractivity contribution in [2.75, 3.05) is 24.3 Å². The number of nitrogens with one attached hydrogen (secondary N) is 1. The number of hydrogen-bond acceptors (Lipinski definition) is 5. The van der Waals surface area contributed by atoms with Crippen molar-refractivity contribution >= 4 is 39.7 Å². The van der Waals surface area contributed by atoms with Gasteiger partial charge in [-0.15, -0.1) is 0 Å². The first-order valence-corrected chi connectivity index (χ1v) is 11.1. The van der Waals surface area contributed by atoms with Crippen LogP contribution in [0.4, 0.5) is 21.6 Å². The quantitative estimate of drug-likeness (QED) is 0.301. The molecule has 5 aromatic rings. The highest BCUT2D eigenvalue weighted by atomic mass is 35.5. The number of nitrogens with zero attached hydrogens (tertiary/aromatic N) is 4. The third-order valence-corrected chi connectivity index (χ3v) is 5.78. The van der Waals surface area contributed by atoms with Crippen LogP contribution in [-0.2, 0) is 0 Å². The maximum atomic E-state index is 13.7. The van der Waals surface area contributed by atoms with Crippen molar-refractivity contribution in [1.82, 2.24) is 15.0 Å². The van der Waals surface area contributed by atoms with Gasteiger partial charge < -0.3 is 10.2 Å². The number of aromatic nitrogens is 3. The Bertz CT molecular complexity index is 1490. The number of fused-ring (bicyclic) bond motifs is 1. The molecule has 0 atom stereocenters. The summed E-state index contributed by atoms with van der Waals surface area (Å²) in [6, 6.07) is 22.6. The van der Waals surface area contributed by atoms with E-state index >= 15 is 0 Å². The molecule has 0 aliphatic heterocycles. The van der Waals surface area contributed by atoms with E-state index in [1.165, 1.54) is 6.07 Å². The van der Waals surface area contributed by atoms with E-state index in [4.69, 9.17) is 21.6 Å². The highest BCUT2D eigenvalue weighted by Crippen LogP contribution is 2.35. The molecule has 5 rings (SSSR count). The van der Waals surface area contributed by atoms with Crippen molar-refractivity contribution in [3.05, 3.63) is 96.0 Å². The molecule has 2 heterocycles. The van der Waals surface area contributed by atoms with Gasteiger partial charge in [0.25, 0.3) is 0 Å². The topological polar surface area (TPSA) is 53.9 Å². The molecule has 0 amide bonds. The van der Waals surface area contributed by atoms with Gasteiger partial charge in [0, 0.05) is 54.4 Å². The van der Waals surface area contributed by atoms with Gasteiger partial charge in [-0.05, 0) is 54.1 Å². The molecule has 0 bridgehead atoms. The monoisotopic (exact) mass is 469 g/mol. The van der Waals surface area contributed by atoms with Crippen molar-refractivity contribution in [3.8, 4) is 22.5 Å². The molecule has 1 N–H and O–H groups in total. The van der Waals surface area contributed by atoms with Crippen LogP contribution in [0.25, 0.3) is 33.4 Å². The second-order valence-electron chi connectivity index (χ2n) is 8.03. The van der Waals surface area contributed by atoms with E-state index < -0.39 is 5.82 Å². The molecule has 7 heteroatoms. The van der Waals surface area contributed by atoms with Crippen molar-refractivity contribution in [2.24, 2.45) is 0 Å². The first-order valence-electron chi connectivity index (χ1n) is 10.7. The summed E-state index contributed by atoms with van der Waals surface area (Å²) in [5, 5.41) is 4.18. The summed E-state index contributed by atoms with van der Waals surface area (Å²) in [4.78, 5) is 15.9. The Labute approximate surface area is 201 Å². The van der Waals surface area contributed by atoms with Crippen molar-refractivity contribution < 1.29 is 4.39 Å². The number of rotatable bonds is 5. The lowest BCUT2D eigenvalue weighted by Gasteiger charge is -2.18. The zero-order valence-electron chi connectivity index (χ0n) is 18.6. The van der Waals surface area contributed by atoms with E-state index in [2.05, 4.69) is 39.5 Å². The van der Waals surface area contributed by atoms with Gasteiger partial charge in [-0.2, -0.15) is 0 Å². The number of anilines is 3. The second-order valence-corrected chi connectivity index (χ2v) is 8.44. The number of hydrogen-bond donors (Lipinski definition) is 1. The molecule has 3 aromatic carbocycles. The van der Waals surface area contributed by atoms with Crippen LogP contribution >= 0.6 is 11.6 Å². The van der Waals surface area contributed by atoms with E-state index in [0.717, 1.165) is 33.3 Å². The molecule has 2 aromatic heterocycles. The fourth-order valence-electron chi connectivity index (χ4n) is 3.83. The van der Waals surface area contributed by atoms with Gasteiger partial charge in [0.2, 0.25) is 0 Å². The third-order valence-electron chi connectivity index (χ3n) is 5.49. The number of para-hydroxylation sites is 1. The summed E-state index contributed by atoms with van der Waals surface area (Å²) in [7, 11) is 4.04. The molecule has 0 fully saturated rings. The number of pyridine rings is 1. The number of halogens is 2. The fraction of sp³-hybridized carbons (Fsp3) is 0.0741. The van der Waals surface area contributed by atoms with Crippen LogP contribution in [0.3, 0.4) is 0 Å². The lowest BCUT2D eigenvalue weighted by molar-refractivity contribution is 0.628. The average Bonchev–Trinajstić information content (AvgIpc) is 2.86. The van der Waals surface area contributed by atoms with E-state index in [-0.39, 0.29) is 5.02 Å². The summed E-state index contributed by atoms with van der Waals surface area (Å²) in [6.07, 6.45) is 3.43. The van der Waals surface area contributed by atoms with Crippen LogP contribution in [0.5, 0.6) is 0 Å². The van der Waals surface area contributed by atoms with E-state index in [1.54, 1.807) is 24.5 Å². The van der Waals surface area contributed by atoms with Crippen molar-refractivity contribution in [1.29, 1.82) is 0 Å². The van der Waals surface area contributed by atoms with Gasteiger partial charge in [0.05, 0.1) is 10.5 Å². The fourth-order valence-corrected chi connectivity index (χ4v) is 4.01. The highest BCUT2D eigenvalue weighted by Gasteiger charge is 2.14. The molecule has 0 saturated carbocycles. The summed E-state index contributed by atoms with van der Waals surface area (Å²) >= 11 is 6.02. The minimum absolute atomic E-state index is 0.0384. The van der Waals surface area contributed by atoms with Crippen LogP contribution in [0.1, 0.15) is 0 Å². The van der Waals surface area contributed by atoms with E-state index in [0.29, 0.717) is 17.3 Å². The average molecular weight is 470 g/mol. The SMILES string of the molecule is CN(C)c1ccccc1-c1ccc2nc(-c3cccnc3)nc(Nc3ccc(F)c(Cl)c3)c2c1. The lowest BCUT2D eigenvalue weighted by Crippen LogP contribution is -2.09. The molecular weight excluding hydrogens is 449 g/mol. The Morgan fingerprint density at radius 3 is 2.50 bits per heavy atom. The normalized spacial score (nSPS) is 10.9. The molecule has 0 aliphatic carbocycles. The first-order chi connectivity index (χ1) is 16.5. The molecule has 34 heavy (non-hydrogen) atoms. The summed E-state index contributed by atoms with van der Waals surface area (Å²) < 4.78 is 13.7. The van der Waals surface area contributed by atoms with Crippen molar-refractivity contribution in [3.63, 3.8) is 0 Å². The smallest absolute Gasteiger partial charge is 0.163 e. The molecule has 0 aliphatic rings. The summed E-state index contributed by atoms with van der Waals surface area (Å²) in [5.41, 5.74) is 5.44. The highest BCUT2D eigenvalue weighted by molar-refractivity contribution is 6.31. The van der Waals surface area contributed by atoms with Crippen LogP contribution in [0.2, 0.25) is 5.02 Å². The van der Waals surface area contributed by atoms with Crippen LogP contribution in [0, 0.1) is 5.82 Å². The summed E-state index contributed by atoms with van der Waals surface area (Å²) in [5.74, 6) is 0.659. The van der Waals surface area contributed by atoms with Crippen LogP contribution in [0.15, 0.2) is 85.2 Å². The minimum Gasteiger partial charge on any atom is -0.377 e. The van der Waals surface area contributed by atoms with Crippen molar-refractivity contribution in [2.45, 2.75) is 0 Å². The second kappa shape index (κ2) is 9.08. The maximum absolute atomic E-state index is 13.7. The van der Waals surface area contributed by atoms with Gasteiger partial charge in [-0.25, -0.2) is 14.4 Å².